The van der Waals surface area contributed by atoms with E-state index in [1.54, 1.807) is 38.1 Å². The van der Waals surface area contributed by atoms with Gasteiger partial charge in [0.1, 0.15) is 29.3 Å². The Labute approximate surface area is 285 Å². The van der Waals surface area contributed by atoms with Gasteiger partial charge in [-0.05, 0) is 91.6 Å². The van der Waals surface area contributed by atoms with Crippen LogP contribution in [0.15, 0.2) is 54.6 Å². The molecule has 246 valence electrons. The average Bonchev–Trinajstić information content (AvgIpc) is 3.03. The summed E-state index contributed by atoms with van der Waals surface area (Å²) < 4.78 is 52.9. The first-order valence-electron chi connectivity index (χ1n) is 13.2. The number of benzene rings is 3. The van der Waals surface area contributed by atoms with Crippen molar-refractivity contribution in [2.45, 2.75) is 39.8 Å². The van der Waals surface area contributed by atoms with E-state index < -0.39 is 11.7 Å². The van der Waals surface area contributed by atoms with E-state index >= 15 is 0 Å². The second-order valence-electron chi connectivity index (χ2n) is 8.41. The third-order valence-corrected chi connectivity index (χ3v) is 6.09. The Morgan fingerprint density at radius 2 is 1.68 bits per heavy atom. The maximum Gasteiger partial charge on any atom is 0.415 e. The van der Waals surface area contributed by atoms with Gasteiger partial charge in [-0.1, -0.05) is 48.2 Å². The van der Waals surface area contributed by atoms with Crippen LogP contribution in [0.5, 0.6) is 17.2 Å². The van der Waals surface area contributed by atoms with Crippen LogP contribution >= 0.6 is 35.2 Å². The molecule has 0 radical (unpaired) electrons. The minimum absolute atomic E-state index is 0.0199. The summed E-state index contributed by atoms with van der Waals surface area (Å²) in [5.74, 6) is 16.9. The zero-order chi connectivity index (χ0) is 35.2. The zero-order valence-electron chi connectivity index (χ0n) is 25.1. The molecule has 0 spiro atoms. The van der Waals surface area contributed by atoms with Crippen LogP contribution in [0.1, 0.15) is 37.5 Å². The van der Waals surface area contributed by atoms with E-state index in [9.17, 15) is 23.1 Å². The standard InChI is InChI=1S/C16H11ClF3NO.C10H11ClO3.C7H5NO2S/c1-3-10-4-5-14(17)15(6-10)22-13-8-11(16(18,19)20)7-12(9-13)21-2;1-2-14-10(13)6-7-3-4-8(11)9(12)5-7;1-2-3-4-5-6-7-11-10-9-8/h4-9H,3H2,1H3;3-5,12H,2,6H2,1H3;8H2,1H3. The third kappa shape index (κ3) is 16.6. The van der Waals surface area contributed by atoms with Crippen LogP contribution in [0.25, 0.3) is 4.85 Å². The van der Waals surface area contributed by atoms with Gasteiger partial charge in [0.25, 0.3) is 0 Å². The Morgan fingerprint density at radius 1 is 1.00 bits per heavy atom. The van der Waals surface area contributed by atoms with Gasteiger partial charge in [0.15, 0.2) is 5.69 Å². The highest BCUT2D eigenvalue weighted by Gasteiger charge is 2.31. The topological polar surface area (TPSA) is 105 Å². The van der Waals surface area contributed by atoms with Gasteiger partial charge >= 0.3 is 12.1 Å². The van der Waals surface area contributed by atoms with Gasteiger partial charge in [0.05, 0.1) is 29.6 Å². The van der Waals surface area contributed by atoms with E-state index in [0.29, 0.717) is 17.2 Å². The monoisotopic (exact) mass is 706 g/mol. The lowest BCUT2D eigenvalue weighted by Crippen LogP contribution is -2.07. The number of aryl methyl sites for hydroxylation is 1. The van der Waals surface area contributed by atoms with Crippen molar-refractivity contribution in [3.8, 4) is 52.1 Å². The number of aromatic hydroxyl groups is 1. The highest BCUT2D eigenvalue weighted by Crippen LogP contribution is 2.38. The van der Waals surface area contributed by atoms with Crippen LogP contribution < -0.4 is 10.6 Å². The van der Waals surface area contributed by atoms with Crippen LogP contribution in [0, 0.1) is 41.4 Å². The number of carbonyl (C=O) groups is 1. The minimum atomic E-state index is -4.55. The number of hydrogen-bond donors (Lipinski definition) is 2. The van der Waals surface area contributed by atoms with E-state index in [4.69, 9.17) is 39.2 Å². The Morgan fingerprint density at radius 3 is 2.28 bits per heavy atom. The van der Waals surface area contributed by atoms with Gasteiger partial charge in [-0.25, -0.2) is 4.85 Å². The molecule has 3 rings (SSSR count). The average molecular weight is 708 g/mol. The fraction of sp³-hybridized carbons (Fsp3) is 0.212. The van der Waals surface area contributed by atoms with Gasteiger partial charge in [0.2, 0.25) is 0 Å². The highest BCUT2D eigenvalue weighted by atomic mass is 35.5. The predicted molar refractivity (Wildman–Crippen MR) is 175 cm³/mol. The van der Waals surface area contributed by atoms with E-state index in [2.05, 4.69) is 54.9 Å². The number of esters is 1. The quantitative estimate of drug-likeness (QED) is 0.0455. The molecule has 0 aliphatic heterocycles. The van der Waals surface area contributed by atoms with Crippen molar-refractivity contribution in [3.05, 3.63) is 92.8 Å². The molecule has 47 heavy (non-hydrogen) atoms. The van der Waals surface area contributed by atoms with E-state index in [1.165, 1.54) is 12.1 Å². The molecule has 0 aromatic heterocycles. The number of rotatable bonds is 8. The lowest BCUT2D eigenvalue weighted by molar-refractivity contribution is -0.194. The largest absolute Gasteiger partial charge is 0.506 e. The summed E-state index contributed by atoms with van der Waals surface area (Å²) in [4.78, 5) is 17.9. The summed E-state index contributed by atoms with van der Waals surface area (Å²) in [6.45, 7) is 12.6. The van der Waals surface area contributed by atoms with Gasteiger partial charge in [-0.15, -0.1) is 9.32 Å². The Hall–Kier alpha value is -4.50. The number of phenols is 1. The highest BCUT2D eigenvalue weighted by molar-refractivity contribution is 7.99. The number of halogens is 5. The molecule has 0 atom stereocenters. The number of carbonyl (C=O) groups excluding carboxylic acids is 1. The molecule has 0 saturated carbocycles. The molecule has 3 N–H and O–H groups in total. The molecule has 0 aliphatic rings. The van der Waals surface area contributed by atoms with Crippen molar-refractivity contribution in [2.24, 2.45) is 5.90 Å². The number of nitrogens with zero attached hydrogens (tertiary/aromatic N) is 1. The van der Waals surface area contributed by atoms with Gasteiger partial charge in [-0.2, -0.15) is 19.1 Å². The van der Waals surface area contributed by atoms with Crippen molar-refractivity contribution in [2.75, 3.05) is 6.61 Å². The molecule has 0 aliphatic carbocycles. The number of ether oxygens (including phenoxy) is 2. The first-order valence-corrected chi connectivity index (χ1v) is 14.7. The Kier molecular flexibility index (Phi) is 19.1. The fourth-order valence-electron chi connectivity index (χ4n) is 3.10. The molecular weight excluding hydrogens is 680 g/mol. The maximum absolute atomic E-state index is 12.8. The van der Waals surface area contributed by atoms with Crippen molar-refractivity contribution in [1.29, 1.82) is 0 Å². The van der Waals surface area contributed by atoms with Crippen LogP contribution in [-0.4, -0.2) is 17.7 Å². The van der Waals surface area contributed by atoms with E-state index in [0.717, 1.165) is 36.2 Å². The summed E-state index contributed by atoms with van der Waals surface area (Å²) in [6.07, 6.45) is -3.66. The molecule has 0 heterocycles. The van der Waals surface area contributed by atoms with Crippen LogP contribution in [0.4, 0.5) is 18.9 Å². The fourth-order valence-corrected chi connectivity index (χ4v) is 3.54. The molecule has 3 aromatic rings. The number of alkyl halides is 3. The summed E-state index contributed by atoms with van der Waals surface area (Å²) in [6, 6.07) is 12.7. The normalized spacial score (nSPS) is 9.53. The summed E-state index contributed by atoms with van der Waals surface area (Å²) >= 11 is 12.4. The maximum atomic E-state index is 12.8. The molecule has 0 saturated heterocycles. The van der Waals surface area contributed by atoms with Crippen LogP contribution in [0.2, 0.25) is 10.0 Å². The van der Waals surface area contributed by atoms with Crippen LogP contribution in [-0.2, 0) is 37.9 Å². The molecule has 0 amide bonds. The Bertz CT molecular complexity index is 1730. The van der Waals surface area contributed by atoms with Gasteiger partial charge in [-0.3, -0.25) is 4.79 Å². The van der Waals surface area contributed by atoms with Crippen molar-refractivity contribution >= 4 is 46.9 Å². The van der Waals surface area contributed by atoms with Crippen molar-refractivity contribution < 1.29 is 41.9 Å². The summed E-state index contributed by atoms with van der Waals surface area (Å²) in [7, 11) is 0. The first kappa shape index (κ1) is 40.5. The molecule has 0 unspecified atom stereocenters. The van der Waals surface area contributed by atoms with Crippen LogP contribution in [0.3, 0.4) is 0 Å². The summed E-state index contributed by atoms with van der Waals surface area (Å²) in [5, 5.41) is 12.3. The van der Waals surface area contributed by atoms with E-state index in [-0.39, 0.29) is 40.3 Å². The van der Waals surface area contributed by atoms with Crippen molar-refractivity contribution in [3.63, 3.8) is 0 Å². The minimum Gasteiger partial charge on any atom is -0.506 e. The second-order valence-corrected chi connectivity index (χ2v) is 9.73. The third-order valence-electron chi connectivity index (χ3n) is 5.12. The zero-order valence-corrected chi connectivity index (χ0v) is 27.5. The summed E-state index contributed by atoms with van der Waals surface area (Å²) in [5.41, 5.74) is 0.550. The second kappa shape index (κ2) is 22.1. The van der Waals surface area contributed by atoms with E-state index in [1.807, 2.05) is 13.0 Å². The number of nitrogens with two attached hydrogens (primary N) is 1. The molecule has 3 aromatic carbocycles. The SMILES string of the molecule is CC#CC#CC#CSOON.CCOC(=O)Cc1ccc(Cl)c(O)c1.[C-]#[N+]c1cc(Oc2cc(CC)ccc2Cl)cc(C(F)(F)F)c1. The smallest absolute Gasteiger partial charge is 0.415 e. The number of phenolic OH excluding ortho intramolecular Hbond substituents is 1. The predicted octanol–water partition coefficient (Wildman–Crippen LogP) is 8.86. The Balaban J connectivity index is 0.000000381. The molecule has 14 heteroatoms. The van der Waals surface area contributed by atoms with Crippen molar-refractivity contribution in [1.82, 2.24) is 0 Å². The van der Waals surface area contributed by atoms with Gasteiger partial charge < -0.3 is 14.6 Å². The molecular formula is C33H27Cl2F3N2O6S. The number of hydrogen-bond acceptors (Lipinski definition) is 8. The molecule has 0 bridgehead atoms. The molecule has 0 fully saturated rings. The lowest BCUT2D eigenvalue weighted by Gasteiger charge is -2.12. The first-order chi connectivity index (χ1) is 22.4. The van der Waals surface area contributed by atoms with Gasteiger partial charge in [0, 0.05) is 16.7 Å². The molecule has 8 nitrogen and oxygen atoms in total. The lowest BCUT2D eigenvalue weighted by atomic mass is 10.1.